The van der Waals surface area contributed by atoms with Crippen LogP contribution >= 0.6 is 11.6 Å². The number of nitrogens with zero attached hydrogens (tertiary/aromatic N) is 3. The summed E-state index contributed by atoms with van der Waals surface area (Å²) in [6, 6.07) is 30.5. The lowest BCUT2D eigenvalue weighted by Crippen LogP contribution is -2.31. The van der Waals surface area contributed by atoms with Crippen molar-refractivity contribution in [3.8, 4) is 5.69 Å². The summed E-state index contributed by atoms with van der Waals surface area (Å²) in [5, 5.41) is 4.63. The maximum absolute atomic E-state index is 13.8. The van der Waals surface area contributed by atoms with E-state index in [-0.39, 0.29) is 17.3 Å². The van der Waals surface area contributed by atoms with Gasteiger partial charge in [0.15, 0.2) is 0 Å². The van der Waals surface area contributed by atoms with Gasteiger partial charge in [-0.25, -0.2) is 13.8 Å². The Labute approximate surface area is 263 Å². The number of carbonyl (C=O) groups excluding carboxylic acids is 1. The highest BCUT2D eigenvalue weighted by molar-refractivity contribution is 7.92. The molecule has 0 bridgehead atoms. The molecular weight excluding hydrogens is 592 g/mol. The first-order valence-electron chi connectivity index (χ1n) is 14.1. The van der Waals surface area contributed by atoms with Gasteiger partial charge in [-0.3, -0.25) is 9.10 Å². The lowest BCUT2D eigenvalue weighted by molar-refractivity contribution is 0.0955. The summed E-state index contributed by atoms with van der Waals surface area (Å²) in [5.41, 5.74) is 10.2. The number of sulfonamides is 1. The van der Waals surface area contributed by atoms with Crippen molar-refractivity contribution in [3.05, 3.63) is 147 Å². The van der Waals surface area contributed by atoms with Crippen LogP contribution in [0.25, 0.3) is 5.69 Å². The molecule has 0 saturated heterocycles. The van der Waals surface area contributed by atoms with Crippen LogP contribution in [0, 0.1) is 27.7 Å². The number of anilines is 1. The highest BCUT2D eigenvalue weighted by Gasteiger charge is 2.26. The molecular formula is C35H33ClN4O3S. The van der Waals surface area contributed by atoms with E-state index in [1.54, 1.807) is 79.0 Å². The Morgan fingerprint density at radius 1 is 0.886 bits per heavy atom. The van der Waals surface area contributed by atoms with E-state index in [2.05, 4.69) is 40.2 Å². The van der Waals surface area contributed by atoms with E-state index in [4.69, 9.17) is 11.6 Å². The highest BCUT2D eigenvalue weighted by Crippen LogP contribution is 2.31. The van der Waals surface area contributed by atoms with E-state index in [1.807, 2.05) is 32.9 Å². The second-order valence-corrected chi connectivity index (χ2v) is 13.0. The van der Waals surface area contributed by atoms with Gasteiger partial charge in [0, 0.05) is 33.2 Å². The van der Waals surface area contributed by atoms with Crippen LogP contribution in [0.2, 0.25) is 5.02 Å². The number of aryl methyl sites for hydroxylation is 3. The Morgan fingerprint density at radius 2 is 1.61 bits per heavy atom. The number of benzene rings is 4. The van der Waals surface area contributed by atoms with Crippen molar-refractivity contribution in [1.82, 2.24) is 9.99 Å². The largest absolute Gasteiger partial charge is 0.318 e. The monoisotopic (exact) mass is 624 g/mol. The summed E-state index contributed by atoms with van der Waals surface area (Å²) >= 11 is 6.27. The van der Waals surface area contributed by atoms with E-state index < -0.39 is 10.0 Å². The van der Waals surface area contributed by atoms with Gasteiger partial charge in [0.2, 0.25) is 0 Å². The van der Waals surface area contributed by atoms with E-state index in [9.17, 15) is 13.2 Å². The van der Waals surface area contributed by atoms with Crippen LogP contribution in [0.1, 0.15) is 44.0 Å². The molecule has 0 atom stereocenters. The molecule has 1 amide bonds. The molecule has 0 aliphatic rings. The van der Waals surface area contributed by atoms with Gasteiger partial charge >= 0.3 is 0 Å². The first-order chi connectivity index (χ1) is 21.0. The number of hydrogen-bond acceptors (Lipinski definition) is 4. The van der Waals surface area contributed by atoms with Crippen LogP contribution in [0.15, 0.2) is 113 Å². The van der Waals surface area contributed by atoms with Gasteiger partial charge in [0.05, 0.1) is 23.3 Å². The number of halogens is 1. The summed E-state index contributed by atoms with van der Waals surface area (Å²) in [6.45, 7) is 8.00. The molecule has 0 aliphatic carbocycles. The minimum Gasteiger partial charge on any atom is -0.318 e. The van der Waals surface area contributed by atoms with Crippen molar-refractivity contribution in [3.63, 3.8) is 0 Å². The van der Waals surface area contributed by atoms with Gasteiger partial charge in [-0.2, -0.15) is 5.10 Å². The van der Waals surface area contributed by atoms with E-state index >= 15 is 0 Å². The van der Waals surface area contributed by atoms with E-state index in [0.29, 0.717) is 21.8 Å². The fourth-order valence-electron chi connectivity index (χ4n) is 5.11. The molecule has 0 aliphatic heterocycles. The number of hydrogen-bond donors (Lipinski definition) is 1. The molecule has 5 aromatic rings. The summed E-state index contributed by atoms with van der Waals surface area (Å²) in [7, 11) is -3.91. The van der Waals surface area contributed by atoms with Crippen LogP contribution in [0.3, 0.4) is 0 Å². The second kappa shape index (κ2) is 12.9. The Bertz CT molecular complexity index is 1950. The topological polar surface area (TPSA) is 83.8 Å². The number of nitrogens with one attached hydrogen (secondary N) is 1. The number of hydrazone groups is 1. The number of rotatable bonds is 9. The van der Waals surface area contributed by atoms with Crippen LogP contribution < -0.4 is 9.73 Å². The van der Waals surface area contributed by atoms with Crippen LogP contribution in [0.5, 0.6) is 0 Å². The maximum atomic E-state index is 13.8. The average Bonchev–Trinajstić information content (AvgIpc) is 3.30. The van der Waals surface area contributed by atoms with Crippen molar-refractivity contribution >= 4 is 39.4 Å². The molecule has 0 fully saturated rings. The summed E-state index contributed by atoms with van der Waals surface area (Å²) in [4.78, 5) is 13.1. The molecule has 1 heterocycles. The number of aromatic nitrogens is 1. The van der Waals surface area contributed by atoms with Crippen molar-refractivity contribution in [1.29, 1.82) is 0 Å². The fraction of sp³-hybridized carbons (Fsp3) is 0.143. The first kappa shape index (κ1) is 30.8. The molecule has 0 spiro atoms. The van der Waals surface area contributed by atoms with Crippen molar-refractivity contribution in [2.45, 2.75) is 39.1 Å². The van der Waals surface area contributed by atoms with Gasteiger partial charge in [-0.05, 0) is 99.0 Å². The summed E-state index contributed by atoms with van der Waals surface area (Å²) in [6.07, 6.45) is 1.64. The molecule has 9 heteroatoms. The zero-order valence-electron chi connectivity index (χ0n) is 25.0. The third kappa shape index (κ3) is 6.61. The molecule has 4 aromatic carbocycles. The second-order valence-electron chi connectivity index (χ2n) is 10.7. The average molecular weight is 625 g/mol. The fourth-order valence-corrected chi connectivity index (χ4v) is 6.80. The van der Waals surface area contributed by atoms with Crippen LogP contribution in [0.4, 0.5) is 5.69 Å². The van der Waals surface area contributed by atoms with Gasteiger partial charge in [-0.1, -0.05) is 60.1 Å². The van der Waals surface area contributed by atoms with E-state index in [0.717, 1.165) is 28.2 Å². The normalized spacial score (nSPS) is 11.6. The molecule has 224 valence electrons. The molecule has 7 nitrogen and oxygen atoms in total. The quantitative estimate of drug-likeness (QED) is 0.136. The predicted molar refractivity (Wildman–Crippen MR) is 177 cm³/mol. The summed E-state index contributed by atoms with van der Waals surface area (Å²) < 4.78 is 31.0. The lowest BCUT2D eigenvalue weighted by atomic mass is 10.1. The first-order valence-corrected chi connectivity index (χ1v) is 15.9. The highest BCUT2D eigenvalue weighted by atomic mass is 35.5. The smallest absolute Gasteiger partial charge is 0.271 e. The Morgan fingerprint density at radius 3 is 2.32 bits per heavy atom. The van der Waals surface area contributed by atoms with E-state index in [1.165, 1.54) is 9.87 Å². The van der Waals surface area contributed by atoms with Crippen LogP contribution in [-0.2, 0) is 16.6 Å². The predicted octanol–water partition coefficient (Wildman–Crippen LogP) is 7.52. The third-order valence-corrected chi connectivity index (χ3v) is 9.42. The van der Waals surface area contributed by atoms with Crippen molar-refractivity contribution < 1.29 is 13.2 Å². The Balaban J connectivity index is 1.33. The standard InChI is InChI=1S/C35H33ClN4O3S/c1-24-9-8-10-32(19-24)40-26(3)20-30(27(40)4)22-37-38-35(41)29-16-14-28(15-17-29)23-39(34-21-31(36)18-13-25(34)2)44(42,43)33-11-6-5-7-12-33/h5-22H,23H2,1-4H3,(H,38,41)/b37-22-. The van der Waals surface area contributed by atoms with Crippen molar-refractivity contribution in [2.24, 2.45) is 5.10 Å². The Hall–Kier alpha value is -4.66. The van der Waals surface area contributed by atoms with Gasteiger partial charge in [0.25, 0.3) is 15.9 Å². The zero-order valence-corrected chi connectivity index (χ0v) is 26.5. The van der Waals surface area contributed by atoms with Gasteiger partial charge in [-0.15, -0.1) is 0 Å². The minimum atomic E-state index is -3.91. The molecule has 1 N–H and O–H groups in total. The number of carbonyl (C=O) groups is 1. The molecule has 0 unspecified atom stereocenters. The maximum Gasteiger partial charge on any atom is 0.271 e. The molecule has 0 saturated carbocycles. The third-order valence-electron chi connectivity index (χ3n) is 7.41. The number of amides is 1. The summed E-state index contributed by atoms with van der Waals surface area (Å²) in [5.74, 6) is -0.375. The van der Waals surface area contributed by atoms with Gasteiger partial charge in [0.1, 0.15) is 0 Å². The molecule has 44 heavy (non-hydrogen) atoms. The van der Waals surface area contributed by atoms with Gasteiger partial charge < -0.3 is 4.57 Å². The Kier molecular flexibility index (Phi) is 9.04. The van der Waals surface area contributed by atoms with Crippen molar-refractivity contribution in [2.75, 3.05) is 4.31 Å². The lowest BCUT2D eigenvalue weighted by Gasteiger charge is -2.26. The SMILES string of the molecule is Cc1cccc(-n2c(C)cc(/C=N\NC(=O)c3ccc(CN(c4cc(Cl)ccc4C)S(=O)(=O)c4ccccc4)cc3)c2C)c1. The molecule has 1 aromatic heterocycles. The minimum absolute atomic E-state index is 0.0506. The van der Waals surface area contributed by atoms with Crippen LogP contribution in [-0.4, -0.2) is 25.1 Å². The molecule has 5 rings (SSSR count). The zero-order chi connectivity index (χ0) is 31.4. The molecule has 0 radical (unpaired) electrons.